The van der Waals surface area contributed by atoms with Crippen molar-refractivity contribution in [3.8, 4) is 5.95 Å². The molecule has 0 fully saturated rings. The molecule has 0 aliphatic rings. The van der Waals surface area contributed by atoms with E-state index in [0.29, 0.717) is 5.95 Å². The SMILES string of the molecule is Cc1ccc(C(CC(=O)OC(C)C)NC(=O)Cc2c(C)nn(-c3nc(C)cc(C)n3)c2C)cc1. The number of hydrogen-bond acceptors (Lipinski definition) is 6. The average Bonchev–Trinajstić information content (AvgIpc) is 3.01. The Morgan fingerprint density at radius 2 is 1.62 bits per heavy atom. The van der Waals surface area contributed by atoms with Crippen LogP contribution in [-0.2, 0) is 20.7 Å². The summed E-state index contributed by atoms with van der Waals surface area (Å²) in [5.41, 5.74) is 6.02. The number of esters is 1. The van der Waals surface area contributed by atoms with Crippen LogP contribution in [0.5, 0.6) is 0 Å². The standard InChI is InChI=1S/C26H33N5O3/c1-15(2)34-25(33)14-23(21-10-8-16(3)9-11-21)29-24(32)13-22-19(6)30-31(20(22)7)26-27-17(4)12-18(5)28-26/h8-12,15,23H,13-14H2,1-7H3,(H,29,32). The molecule has 0 saturated heterocycles. The molecule has 2 aromatic heterocycles. The minimum Gasteiger partial charge on any atom is -0.463 e. The van der Waals surface area contributed by atoms with Gasteiger partial charge in [0.25, 0.3) is 5.95 Å². The third-order valence-corrected chi connectivity index (χ3v) is 5.49. The molecule has 8 heteroatoms. The second-order valence-electron chi connectivity index (χ2n) is 8.96. The molecule has 3 rings (SSSR count). The van der Waals surface area contributed by atoms with Crippen LogP contribution in [0.15, 0.2) is 30.3 Å². The molecule has 2 heterocycles. The number of amides is 1. The van der Waals surface area contributed by atoms with Gasteiger partial charge >= 0.3 is 5.97 Å². The molecule has 1 amide bonds. The molecule has 1 aromatic carbocycles. The van der Waals surface area contributed by atoms with E-state index in [0.717, 1.165) is 39.5 Å². The van der Waals surface area contributed by atoms with Crippen LogP contribution in [0.3, 0.4) is 0 Å². The summed E-state index contributed by atoms with van der Waals surface area (Å²) in [5.74, 6) is -0.0678. The largest absolute Gasteiger partial charge is 0.463 e. The molecule has 1 atom stereocenters. The predicted molar refractivity (Wildman–Crippen MR) is 130 cm³/mol. The molecule has 0 radical (unpaired) electrons. The summed E-state index contributed by atoms with van der Waals surface area (Å²) in [5, 5.41) is 7.60. The Kier molecular flexibility index (Phi) is 7.81. The highest BCUT2D eigenvalue weighted by Crippen LogP contribution is 2.21. The number of benzene rings is 1. The van der Waals surface area contributed by atoms with Gasteiger partial charge in [-0.05, 0) is 60.1 Å². The Morgan fingerprint density at radius 1 is 1.00 bits per heavy atom. The zero-order chi connectivity index (χ0) is 25.0. The summed E-state index contributed by atoms with van der Waals surface area (Å²) in [6.07, 6.45) is -0.0320. The van der Waals surface area contributed by atoms with Crippen LogP contribution in [0.4, 0.5) is 0 Å². The van der Waals surface area contributed by atoms with E-state index in [2.05, 4.69) is 20.4 Å². The zero-order valence-electron chi connectivity index (χ0n) is 21.0. The third-order valence-electron chi connectivity index (χ3n) is 5.49. The molecular formula is C26H33N5O3. The van der Waals surface area contributed by atoms with Crippen LogP contribution < -0.4 is 5.32 Å². The number of carbonyl (C=O) groups excluding carboxylic acids is 2. The van der Waals surface area contributed by atoms with Gasteiger partial charge < -0.3 is 10.1 Å². The molecule has 1 unspecified atom stereocenters. The first-order valence-corrected chi connectivity index (χ1v) is 11.5. The van der Waals surface area contributed by atoms with Crippen molar-refractivity contribution < 1.29 is 14.3 Å². The van der Waals surface area contributed by atoms with Gasteiger partial charge in [0.05, 0.1) is 30.7 Å². The number of nitrogens with one attached hydrogen (secondary N) is 1. The summed E-state index contributed by atoms with van der Waals surface area (Å²) in [4.78, 5) is 34.4. The normalized spacial score (nSPS) is 12.0. The Bertz CT molecular complexity index is 1160. The van der Waals surface area contributed by atoms with E-state index in [4.69, 9.17) is 4.74 Å². The first-order valence-electron chi connectivity index (χ1n) is 11.5. The lowest BCUT2D eigenvalue weighted by molar-refractivity contribution is -0.148. The van der Waals surface area contributed by atoms with Crippen LogP contribution in [-0.4, -0.2) is 37.7 Å². The highest BCUT2D eigenvalue weighted by molar-refractivity contribution is 5.80. The number of hydrogen-bond donors (Lipinski definition) is 1. The minimum atomic E-state index is -0.488. The van der Waals surface area contributed by atoms with Gasteiger partial charge in [-0.25, -0.2) is 14.6 Å². The number of nitrogens with zero attached hydrogens (tertiary/aromatic N) is 4. The molecule has 0 spiro atoms. The van der Waals surface area contributed by atoms with E-state index in [1.165, 1.54) is 0 Å². The van der Waals surface area contributed by atoms with E-state index in [-0.39, 0.29) is 30.8 Å². The fourth-order valence-corrected chi connectivity index (χ4v) is 3.86. The van der Waals surface area contributed by atoms with Crippen molar-refractivity contribution in [2.45, 2.75) is 73.5 Å². The van der Waals surface area contributed by atoms with Gasteiger partial charge in [-0.3, -0.25) is 9.59 Å². The van der Waals surface area contributed by atoms with Gasteiger partial charge in [0.15, 0.2) is 0 Å². The summed E-state index contributed by atoms with van der Waals surface area (Å²) in [6.45, 7) is 13.2. The molecule has 3 aromatic rings. The molecular weight excluding hydrogens is 430 g/mol. The maximum Gasteiger partial charge on any atom is 0.308 e. The molecule has 34 heavy (non-hydrogen) atoms. The molecule has 8 nitrogen and oxygen atoms in total. The van der Waals surface area contributed by atoms with Crippen LogP contribution >= 0.6 is 0 Å². The summed E-state index contributed by atoms with van der Waals surface area (Å²) in [6, 6.07) is 9.19. The Hall–Kier alpha value is -3.55. The highest BCUT2D eigenvalue weighted by Gasteiger charge is 2.23. The number of rotatable bonds is 8. The van der Waals surface area contributed by atoms with Gasteiger partial charge in [-0.1, -0.05) is 29.8 Å². The van der Waals surface area contributed by atoms with Crippen molar-refractivity contribution in [1.82, 2.24) is 25.1 Å². The van der Waals surface area contributed by atoms with Gasteiger partial charge in [0.2, 0.25) is 5.91 Å². The van der Waals surface area contributed by atoms with Crippen molar-refractivity contribution in [3.05, 3.63) is 69.8 Å². The van der Waals surface area contributed by atoms with E-state index in [1.54, 1.807) is 18.5 Å². The number of aromatic nitrogens is 4. The molecule has 0 aliphatic carbocycles. The minimum absolute atomic E-state index is 0.0562. The lowest BCUT2D eigenvalue weighted by Gasteiger charge is -2.20. The van der Waals surface area contributed by atoms with Crippen molar-refractivity contribution >= 4 is 11.9 Å². The van der Waals surface area contributed by atoms with Gasteiger partial charge in [-0.15, -0.1) is 0 Å². The highest BCUT2D eigenvalue weighted by atomic mass is 16.5. The lowest BCUT2D eigenvalue weighted by atomic mass is 10.0. The summed E-state index contributed by atoms with van der Waals surface area (Å²) < 4.78 is 6.99. The zero-order valence-corrected chi connectivity index (χ0v) is 21.0. The molecule has 1 N–H and O–H groups in total. The Balaban J connectivity index is 1.82. The quantitative estimate of drug-likeness (QED) is 0.508. The Morgan fingerprint density at radius 3 is 2.21 bits per heavy atom. The fraction of sp³-hybridized carbons (Fsp3) is 0.423. The van der Waals surface area contributed by atoms with Crippen LogP contribution in [0, 0.1) is 34.6 Å². The van der Waals surface area contributed by atoms with Crippen molar-refractivity contribution in [3.63, 3.8) is 0 Å². The third kappa shape index (κ3) is 6.27. The average molecular weight is 464 g/mol. The van der Waals surface area contributed by atoms with Crippen LogP contribution in [0.1, 0.15) is 65.8 Å². The van der Waals surface area contributed by atoms with Crippen molar-refractivity contribution in [2.24, 2.45) is 0 Å². The predicted octanol–water partition coefficient (Wildman–Crippen LogP) is 3.95. The maximum absolute atomic E-state index is 13.1. The summed E-state index contributed by atoms with van der Waals surface area (Å²) >= 11 is 0. The first-order chi connectivity index (χ1) is 16.0. The second-order valence-corrected chi connectivity index (χ2v) is 8.96. The van der Waals surface area contributed by atoms with Gasteiger partial charge in [0, 0.05) is 22.6 Å². The smallest absolute Gasteiger partial charge is 0.308 e. The fourth-order valence-electron chi connectivity index (χ4n) is 3.86. The van der Waals surface area contributed by atoms with Crippen LogP contribution in [0.25, 0.3) is 5.95 Å². The molecule has 0 saturated carbocycles. The van der Waals surface area contributed by atoms with E-state index in [9.17, 15) is 9.59 Å². The van der Waals surface area contributed by atoms with Crippen molar-refractivity contribution in [2.75, 3.05) is 0 Å². The van der Waals surface area contributed by atoms with Crippen molar-refractivity contribution in [1.29, 1.82) is 0 Å². The monoisotopic (exact) mass is 463 g/mol. The van der Waals surface area contributed by atoms with E-state index >= 15 is 0 Å². The second kappa shape index (κ2) is 10.6. The van der Waals surface area contributed by atoms with Crippen LogP contribution in [0.2, 0.25) is 0 Å². The van der Waals surface area contributed by atoms with Gasteiger partial charge in [0.1, 0.15) is 0 Å². The first kappa shape index (κ1) is 25.1. The number of carbonyl (C=O) groups is 2. The topological polar surface area (TPSA) is 99.0 Å². The van der Waals surface area contributed by atoms with E-state index in [1.807, 2.05) is 65.0 Å². The number of aryl methyl sites for hydroxylation is 4. The number of ether oxygens (including phenoxy) is 1. The lowest BCUT2D eigenvalue weighted by Crippen LogP contribution is -2.32. The maximum atomic E-state index is 13.1. The summed E-state index contributed by atoms with van der Waals surface area (Å²) in [7, 11) is 0. The molecule has 0 bridgehead atoms. The Labute approximate surface area is 200 Å². The van der Waals surface area contributed by atoms with E-state index < -0.39 is 6.04 Å². The molecule has 0 aliphatic heterocycles. The molecule has 180 valence electrons. The van der Waals surface area contributed by atoms with Gasteiger partial charge in [-0.2, -0.15) is 5.10 Å².